The first-order chi connectivity index (χ1) is 14.7. The Hall–Kier alpha value is -1.67. The molecule has 5 rings (SSSR count). The van der Waals surface area contributed by atoms with Gasteiger partial charge in [-0.3, -0.25) is 0 Å². The smallest absolute Gasteiger partial charge is 0.115 e. The minimum Gasteiger partial charge on any atom is -0.508 e. The van der Waals surface area contributed by atoms with E-state index < -0.39 is 17.4 Å². The predicted octanol–water partition coefficient (Wildman–Crippen LogP) is 7.45. The molecule has 0 radical (unpaired) electrons. The molecule has 1 N–H and O–H groups in total. The van der Waals surface area contributed by atoms with Gasteiger partial charge in [0, 0.05) is 0 Å². The number of aromatic hydroxyl groups is 1. The normalized spacial score (nSPS) is 18.9. The molecule has 0 bridgehead atoms. The van der Waals surface area contributed by atoms with Crippen LogP contribution in [0.4, 0.5) is 0 Å². The summed E-state index contributed by atoms with van der Waals surface area (Å²) in [6.07, 6.45) is 4.88. The van der Waals surface area contributed by atoms with Crippen LogP contribution >= 0.6 is 12.4 Å². The number of para-hydroxylation sites is 1. The van der Waals surface area contributed by atoms with Gasteiger partial charge in [0.1, 0.15) is 5.75 Å². The van der Waals surface area contributed by atoms with Crippen LogP contribution in [0.2, 0.25) is 9.26 Å². The Morgan fingerprint density at radius 2 is 1.03 bits per heavy atom. The minimum absolute atomic E-state index is 0. The van der Waals surface area contributed by atoms with Gasteiger partial charge in [-0.05, 0) is 12.1 Å². The van der Waals surface area contributed by atoms with Crippen molar-refractivity contribution < 1.29 is 22.5 Å². The van der Waals surface area contributed by atoms with Crippen molar-refractivity contribution in [2.75, 3.05) is 0 Å². The zero-order valence-corrected chi connectivity index (χ0v) is 24.1. The van der Waals surface area contributed by atoms with E-state index in [1.54, 1.807) is 46.5 Å². The van der Waals surface area contributed by atoms with Crippen LogP contribution in [0.5, 0.6) is 5.75 Å². The van der Waals surface area contributed by atoms with Crippen molar-refractivity contribution in [2.24, 2.45) is 0 Å². The van der Waals surface area contributed by atoms with E-state index in [1.165, 1.54) is 11.1 Å². The Labute approximate surface area is 201 Å². The number of halogens is 1. The van der Waals surface area contributed by atoms with Crippen LogP contribution < -0.4 is 0 Å². The molecule has 0 saturated carbocycles. The van der Waals surface area contributed by atoms with Crippen molar-refractivity contribution in [1.29, 1.82) is 0 Å². The average Bonchev–Trinajstić information content (AvgIpc) is 3.25. The second kappa shape index (κ2) is 9.29. The number of fused-ring (bicyclic) bond motifs is 2. The Bertz CT molecular complexity index is 1180. The molecule has 4 heteroatoms. The van der Waals surface area contributed by atoms with E-state index in [0.29, 0.717) is 13.0 Å². The third kappa shape index (κ3) is 4.53. The summed E-state index contributed by atoms with van der Waals surface area (Å²) >= 11 is -3.15. The molecule has 0 amide bonds. The molecule has 2 unspecified atom stereocenters. The molecule has 32 heavy (non-hydrogen) atoms. The number of phenols is 1. The largest absolute Gasteiger partial charge is 0.508 e. The van der Waals surface area contributed by atoms with Gasteiger partial charge in [-0.15, -0.1) is 12.4 Å². The second-order valence-corrected chi connectivity index (χ2v) is 40.6. The summed E-state index contributed by atoms with van der Waals surface area (Å²) in [5.41, 5.74) is 9.22. The summed E-state index contributed by atoms with van der Waals surface area (Å²) in [4.78, 5) is 0. The predicted molar refractivity (Wildman–Crippen MR) is 141 cm³/mol. The van der Waals surface area contributed by atoms with Crippen LogP contribution in [0.25, 0.3) is 12.2 Å². The minimum atomic E-state index is -3.15. The molecule has 2 aliphatic rings. The van der Waals surface area contributed by atoms with E-state index >= 15 is 0 Å². The molecular weight excluding hydrogens is 507 g/mol. The number of allylic oxidation sites excluding steroid dienone is 2. The van der Waals surface area contributed by atoms with Gasteiger partial charge in [0.25, 0.3) is 0 Å². The quantitative estimate of drug-likeness (QED) is 0.335. The fraction of sp³-hybridized carbons (Fsp3) is 0.214. The molecule has 2 aliphatic carbocycles. The zero-order chi connectivity index (χ0) is 22.2. The average molecular weight is 540 g/mol. The molecule has 0 spiro atoms. The van der Waals surface area contributed by atoms with Gasteiger partial charge in [0.05, 0.1) is 0 Å². The summed E-state index contributed by atoms with van der Waals surface area (Å²) in [5, 5.41) is 8.63. The molecule has 3 aromatic rings. The first kappa shape index (κ1) is 25.0. The van der Waals surface area contributed by atoms with Crippen LogP contribution in [0, 0.1) is 0 Å². The maximum Gasteiger partial charge on any atom is 0.115 e. The van der Waals surface area contributed by atoms with Gasteiger partial charge in [-0.1, -0.05) is 18.2 Å². The Kier molecular flexibility index (Phi) is 7.25. The van der Waals surface area contributed by atoms with Gasteiger partial charge >= 0.3 is 149 Å². The number of hydrogen-bond acceptors (Lipinski definition) is 1. The first-order valence-electron chi connectivity index (χ1n) is 11.0. The third-order valence-corrected chi connectivity index (χ3v) is 24.9. The van der Waals surface area contributed by atoms with E-state index in [9.17, 15) is 0 Å². The van der Waals surface area contributed by atoms with E-state index in [4.69, 9.17) is 5.11 Å². The number of benzene rings is 3. The summed E-state index contributed by atoms with van der Waals surface area (Å²) in [7, 11) is 0. The molecule has 2 atom stereocenters. The number of hydrogen-bond donors (Lipinski definition) is 1. The van der Waals surface area contributed by atoms with Gasteiger partial charge in [-0.25, -0.2) is 0 Å². The van der Waals surface area contributed by atoms with E-state index in [-0.39, 0.29) is 12.4 Å². The monoisotopic (exact) mass is 538 g/mol. The summed E-state index contributed by atoms with van der Waals surface area (Å²) in [6, 6.07) is 26.8. The molecule has 0 aromatic heterocycles. The molecule has 1 nitrogen and oxygen atoms in total. The van der Waals surface area contributed by atoms with Crippen molar-refractivity contribution in [3.63, 3.8) is 0 Å². The van der Waals surface area contributed by atoms with E-state index in [1.807, 2.05) is 6.07 Å². The van der Waals surface area contributed by atoms with Gasteiger partial charge in [-0.2, -0.15) is 0 Å². The van der Waals surface area contributed by atoms with Gasteiger partial charge in [0.15, 0.2) is 0 Å². The van der Waals surface area contributed by atoms with E-state index in [0.717, 1.165) is 0 Å². The van der Waals surface area contributed by atoms with Crippen LogP contribution in [0.1, 0.15) is 43.4 Å². The van der Waals surface area contributed by atoms with Crippen molar-refractivity contribution in [2.45, 2.75) is 30.4 Å². The maximum atomic E-state index is 8.63. The van der Waals surface area contributed by atoms with Crippen molar-refractivity contribution in [1.82, 2.24) is 0 Å². The van der Waals surface area contributed by atoms with Crippen molar-refractivity contribution in [3.8, 4) is 5.75 Å². The maximum absolute atomic E-state index is 8.63. The Balaban J connectivity index is 0.000000311. The molecule has 3 aromatic carbocycles. The third-order valence-electron chi connectivity index (χ3n) is 6.94. The summed E-state index contributed by atoms with van der Waals surface area (Å²) in [5.74, 6) is 0.322. The SMILES string of the molecule is CC1=Cc2ccccc2[CH]1[Zr]([CH3])([CH3])(=[SiH2])[CH]1C(C)=Cc2ccccc21.Cl.Oc1ccccc1. The van der Waals surface area contributed by atoms with Crippen molar-refractivity contribution >= 4 is 31.4 Å². The van der Waals surface area contributed by atoms with Crippen LogP contribution in [0.15, 0.2) is 90.0 Å². The summed E-state index contributed by atoms with van der Waals surface area (Å²) < 4.78 is 6.68. The van der Waals surface area contributed by atoms with Crippen LogP contribution in [0.3, 0.4) is 0 Å². The zero-order valence-electron chi connectivity index (χ0n) is 19.4. The standard InChI is InChI=1S/2C10H9.C6H6O.2CH3.ClH.H2Si.Zr/c2*1-8-6-9-4-2-3-5-10(9)7-8;7-6-4-2-1-3-5-6;;;;;/h2*2-7H,1H3;1-5,7H;2*1H3;1H;1H2;. The topological polar surface area (TPSA) is 20.2 Å². The molecular formula is C28H33ClOSiZr. The number of rotatable bonds is 2. The Morgan fingerprint density at radius 3 is 1.41 bits per heavy atom. The molecule has 166 valence electrons. The molecule has 0 fully saturated rings. The second-order valence-electron chi connectivity index (χ2n) is 10.2. The molecule has 0 aliphatic heterocycles. The van der Waals surface area contributed by atoms with E-state index in [2.05, 4.69) is 90.7 Å². The summed E-state index contributed by atoms with van der Waals surface area (Å²) in [6.45, 7) is 7.13. The fourth-order valence-corrected chi connectivity index (χ4v) is 27.4. The van der Waals surface area contributed by atoms with Gasteiger partial charge < -0.3 is 5.11 Å². The molecule has 0 saturated heterocycles. The van der Waals surface area contributed by atoms with Crippen LogP contribution in [-0.4, -0.2) is 12.0 Å². The van der Waals surface area contributed by atoms with Crippen molar-refractivity contribution in [3.05, 3.63) is 112 Å². The van der Waals surface area contributed by atoms with Crippen LogP contribution in [-0.2, 0) is 17.4 Å². The number of phenolic OH excluding ortho intramolecular Hbond substituents is 1. The van der Waals surface area contributed by atoms with Gasteiger partial charge in [0.2, 0.25) is 0 Å². The Morgan fingerprint density at radius 1 is 0.656 bits per heavy atom. The molecule has 0 heterocycles. The fourth-order valence-electron chi connectivity index (χ4n) is 6.07. The first-order valence-corrected chi connectivity index (χ1v) is 24.7.